The van der Waals surface area contributed by atoms with Crippen LogP contribution in [0.25, 0.3) is 0 Å². The number of rotatable bonds is 54. The highest BCUT2D eigenvalue weighted by molar-refractivity contribution is 5.69. The highest BCUT2D eigenvalue weighted by Gasteiger charge is 2.47. The van der Waals surface area contributed by atoms with Gasteiger partial charge in [-0.15, -0.1) is 0 Å². The van der Waals surface area contributed by atoms with E-state index in [0.717, 1.165) is 103 Å². The molecule has 0 aromatic carbocycles. The van der Waals surface area contributed by atoms with Crippen molar-refractivity contribution in [1.82, 2.24) is 0 Å². The number of carbonyl (C=O) groups excluding carboxylic acids is 1. The molecule has 488 valence electrons. The Morgan fingerprint density at radius 2 is 0.729 bits per heavy atom. The normalized spacial score (nSPS) is 23.9. The number of aliphatic hydroxyl groups is 7. The highest BCUT2D eigenvalue weighted by Crippen LogP contribution is 2.27. The zero-order chi connectivity index (χ0) is 61.5. The number of unbranched alkanes of at least 4 members (excludes halogenated alkanes) is 22. The average molecular weight is 1200 g/mol. The number of esters is 1. The Morgan fingerprint density at radius 1 is 0.388 bits per heavy atom. The molecule has 14 heteroatoms. The van der Waals surface area contributed by atoms with E-state index in [2.05, 4.69) is 123 Å². The molecule has 2 aliphatic rings. The average Bonchev–Trinajstić information content (AvgIpc) is 3.68. The zero-order valence-corrected chi connectivity index (χ0v) is 52.8. The molecule has 0 aliphatic carbocycles. The molecule has 2 rings (SSSR count). The Hall–Kier alpha value is -3.35. The van der Waals surface area contributed by atoms with Crippen molar-refractivity contribution in [3.63, 3.8) is 0 Å². The predicted octanol–water partition coefficient (Wildman–Crippen LogP) is 13.9. The van der Waals surface area contributed by atoms with Crippen molar-refractivity contribution >= 4 is 5.97 Å². The van der Waals surface area contributed by atoms with Gasteiger partial charge in [-0.25, -0.2) is 0 Å². The summed E-state index contributed by atoms with van der Waals surface area (Å²) in [4.78, 5) is 13.1. The number of hydrogen-bond donors (Lipinski definition) is 7. The maximum absolute atomic E-state index is 13.1. The zero-order valence-electron chi connectivity index (χ0n) is 52.8. The van der Waals surface area contributed by atoms with Gasteiger partial charge in [0.05, 0.1) is 26.4 Å². The molecular formula is C71H120O14. The van der Waals surface area contributed by atoms with Crippen LogP contribution in [0, 0.1) is 0 Å². The first-order valence-electron chi connectivity index (χ1n) is 33.5. The summed E-state index contributed by atoms with van der Waals surface area (Å²) in [7, 11) is 0. The van der Waals surface area contributed by atoms with Crippen molar-refractivity contribution in [3.05, 3.63) is 109 Å². The first kappa shape index (κ1) is 77.7. The third kappa shape index (κ3) is 41.5. The molecule has 0 saturated carbocycles. The van der Waals surface area contributed by atoms with E-state index in [1.165, 1.54) is 103 Å². The molecule has 0 aromatic rings. The van der Waals surface area contributed by atoms with Crippen molar-refractivity contribution < 1.29 is 69.0 Å². The lowest BCUT2D eigenvalue weighted by atomic mass is 9.98. The maximum Gasteiger partial charge on any atom is 0.306 e. The van der Waals surface area contributed by atoms with Crippen molar-refractivity contribution in [1.29, 1.82) is 0 Å². The van der Waals surface area contributed by atoms with E-state index in [1.807, 2.05) is 0 Å². The largest absolute Gasteiger partial charge is 0.457 e. The van der Waals surface area contributed by atoms with Crippen LogP contribution in [0.2, 0.25) is 0 Å². The SMILES string of the molecule is CC/C=C\C/C=C\C/C=C\C/C=C\C/C=C\CCCCCCCCCCCC(=O)OC(COCCCCCCCCCCCCCCC/C=C\C/C=C\C/C=C\C/C=C\CC)COC1OC(COC2OC(CO)C(O)C(O)C2O)C(O)C(O)C1O. The maximum atomic E-state index is 13.1. The highest BCUT2D eigenvalue weighted by atomic mass is 16.7. The van der Waals surface area contributed by atoms with Crippen LogP contribution in [0.3, 0.4) is 0 Å². The Kier molecular flexibility index (Phi) is 51.2. The number of hydrogen-bond acceptors (Lipinski definition) is 14. The summed E-state index contributed by atoms with van der Waals surface area (Å²) in [6.45, 7) is 3.46. The van der Waals surface area contributed by atoms with Gasteiger partial charge in [0.2, 0.25) is 0 Å². The summed E-state index contributed by atoms with van der Waals surface area (Å²) >= 11 is 0. The lowest BCUT2D eigenvalue weighted by molar-refractivity contribution is -0.332. The topological polar surface area (TPSA) is 214 Å². The van der Waals surface area contributed by atoms with Crippen molar-refractivity contribution in [3.8, 4) is 0 Å². The van der Waals surface area contributed by atoms with Gasteiger partial charge in [-0.1, -0.05) is 239 Å². The molecule has 0 amide bonds. The molecule has 14 nitrogen and oxygen atoms in total. The summed E-state index contributed by atoms with van der Waals surface area (Å²) < 4.78 is 34.5. The van der Waals surface area contributed by atoms with Crippen LogP contribution in [-0.4, -0.2) is 142 Å². The van der Waals surface area contributed by atoms with E-state index in [0.29, 0.717) is 13.0 Å². The molecule has 11 unspecified atom stereocenters. The fourth-order valence-corrected chi connectivity index (χ4v) is 10.0. The fraction of sp³-hybridized carbons (Fsp3) is 0.732. The van der Waals surface area contributed by atoms with Gasteiger partial charge in [0, 0.05) is 13.0 Å². The van der Waals surface area contributed by atoms with Crippen LogP contribution < -0.4 is 0 Å². The molecule has 0 radical (unpaired) electrons. The van der Waals surface area contributed by atoms with E-state index in [4.69, 9.17) is 28.4 Å². The third-order valence-corrected chi connectivity index (χ3v) is 15.3. The molecule has 0 spiro atoms. The molecule has 2 aliphatic heterocycles. The molecule has 0 bridgehead atoms. The van der Waals surface area contributed by atoms with E-state index in [9.17, 15) is 40.5 Å². The Balaban J connectivity index is 1.66. The number of carbonyl (C=O) groups is 1. The van der Waals surface area contributed by atoms with E-state index < -0.39 is 80.7 Å². The quantitative estimate of drug-likeness (QED) is 0.0171. The smallest absolute Gasteiger partial charge is 0.306 e. The van der Waals surface area contributed by atoms with Gasteiger partial charge in [0.15, 0.2) is 12.6 Å². The Labute approximate surface area is 514 Å². The summed E-state index contributed by atoms with van der Waals surface area (Å²) in [5, 5.41) is 72.6. The number of aliphatic hydroxyl groups excluding tert-OH is 7. The Morgan fingerprint density at radius 3 is 1.14 bits per heavy atom. The van der Waals surface area contributed by atoms with Gasteiger partial charge in [-0.05, 0) is 96.3 Å². The van der Waals surface area contributed by atoms with Gasteiger partial charge in [0.1, 0.15) is 54.9 Å². The van der Waals surface area contributed by atoms with E-state index in [1.54, 1.807) is 0 Å². The third-order valence-electron chi connectivity index (χ3n) is 15.3. The van der Waals surface area contributed by atoms with E-state index in [-0.39, 0.29) is 25.6 Å². The molecule has 7 N–H and O–H groups in total. The number of ether oxygens (including phenoxy) is 6. The number of allylic oxidation sites excluding steroid dienone is 18. The lowest BCUT2D eigenvalue weighted by Crippen LogP contribution is -2.61. The van der Waals surface area contributed by atoms with E-state index >= 15 is 0 Å². The van der Waals surface area contributed by atoms with Crippen LogP contribution >= 0.6 is 0 Å². The lowest BCUT2D eigenvalue weighted by Gasteiger charge is -2.42. The minimum Gasteiger partial charge on any atom is -0.457 e. The molecular weight excluding hydrogens is 1080 g/mol. The van der Waals surface area contributed by atoms with Crippen LogP contribution in [0.1, 0.15) is 232 Å². The van der Waals surface area contributed by atoms with Crippen LogP contribution in [0.15, 0.2) is 109 Å². The second-order valence-corrected chi connectivity index (χ2v) is 22.9. The molecule has 2 fully saturated rings. The summed E-state index contributed by atoms with van der Waals surface area (Å²) in [6, 6.07) is 0. The van der Waals surface area contributed by atoms with Crippen molar-refractivity contribution in [2.75, 3.05) is 33.0 Å². The standard InChI is InChI=1S/C71H120O14/c1-3-5-7-9-11-13-15-17-19-21-23-25-27-29-31-33-35-37-39-41-43-45-47-49-51-53-55-80-57-60(58-81-70-69(79)67(77)65(75)62(85-70)59-82-71-68(78)66(76)64(74)61(56-72)84-71)83-63(73)54-52-50-48-46-44-42-40-38-36-34-32-30-28-26-24-22-20-18-16-14-12-10-8-6-4-2/h5-8,11-14,17-20,23-26,30,32,60-62,64-72,74-79H,3-4,9-10,15-16,21-22,27-29,31,33-59H2,1-2H3/b7-5-,8-6-,13-11-,14-12-,19-17-,20-18-,25-23-,26-24-,32-30-. The monoisotopic (exact) mass is 1200 g/mol. The molecule has 2 heterocycles. The summed E-state index contributed by atoms with van der Waals surface area (Å²) in [5.74, 6) is -0.385. The summed E-state index contributed by atoms with van der Waals surface area (Å²) in [5.41, 5.74) is 0. The molecule has 0 aromatic heterocycles. The van der Waals surface area contributed by atoms with Crippen LogP contribution in [-0.2, 0) is 33.2 Å². The van der Waals surface area contributed by atoms with Gasteiger partial charge in [-0.2, -0.15) is 0 Å². The first-order valence-corrected chi connectivity index (χ1v) is 33.5. The van der Waals surface area contributed by atoms with Crippen molar-refractivity contribution in [2.45, 2.75) is 300 Å². The first-order chi connectivity index (χ1) is 41.6. The molecule has 11 atom stereocenters. The van der Waals surface area contributed by atoms with Gasteiger partial charge in [0.25, 0.3) is 0 Å². The molecule has 85 heavy (non-hydrogen) atoms. The van der Waals surface area contributed by atoms with Crippen LogP contribution in [0.5, 0.6) is 0 Å². The summed E-state index contributed by atoms with van der Waals surface area (Å²) in [6.07, 6.45) is 61.5. The minimum atomic E-state index is -1.72. The second kappa shape index (κ2) is 55.9. The predicted molar refractivity (Wildman–Crippen MR) is 344 cm³/mol. The van der Waals surface area contributed by atoms with Gasteiger partial charge < -0.3 is 64.2 Å². The minimum absolute atomic E-state index is 0.0526. The fourth-order valence-electron chi connectivity index (χ4n) is 10.0. The second-order valence-electron chi connectivity index (χ2n) is 22.9. The van der Waals surface area contributed by atoms with Gasteiger partial charge >= 0.3 is 5.97 Å². The van der Waals surface area contributed by atoms with Crippen LogP contribution in [0.4, 0.5) is 0 Å². The van der Waals surface area contributed by atoms with Crippen molar-refractivity contribution in [2.24, 2.45) is 0 Å². The molecule has 2 saturated heterocycles. The Bertz CT molecular complexity index is 1820. The van der Waals surface area contributed by atoms with Gasteiger partial charge in [-0.3, -0.25) is 4.79 Å².